The van der Waals surface area contributed by atoms with Crippen LogP contribution in [0.25, 0.3) is 0 Å². The van der Waals surface area contributed by atoms with Crippen molar-refractivity contribution in [3.8, 4) is 5.75 Å². The lowest BCUT2D eigenvalue weighted by Crippen LogP contribution is -2.29. The molecule has 1 unspecified atom stereocenters. The van der Waals surface area contributed by atoms with Crippen molar-refractivity contribution >= 4 is 0 Å². The predicted molar refractivity (Wildman–Crippen MR) is 70.1 cm³/mol. The molecule has 0 amide bonds. The van der Waals surface area contributed by atoms with E-state index in [0.717, 1.165) is 22.6 Å². The molecule has 0 radical (unpaired) electrons. The van der Waals surface area contributed by atoms with E-state index in [1.54, 1.807) is 11.8 Å². The summed E-state index contributed by atoms with van der Waals surface area (Å²) in [6.45, 7) is 2.03. The maximum atomic E-state index is 5.65. The fourth-order valence-electron chi connectivity index (χ4n) is 1.98. The minimum absolute atomic E-state index is 0.179. The van der Waals surface area contributed by atoms with E-state index in [4.69, 9.17) is 10.6 Å². The fraction of sp³-hybridized carbons (Fsp3) is 0.308. The van der Waals surface area contributed by atoms with Gasteiger partial charge in [0.25, 0.3) is 0 Å². The molecule has 0 bridgehead atoms. The van der Waals surface area contributed by atoms with Gasteiger partial charge in [-0.05, 0) is 24.6 Å². The van der Waals surface area contributed by atoms with Crippen LogP contribution in [0.4, 0.5) is 0 Å². The zero-order valence-corrected chi connectivity index (χ0v) is 10.8. The third kappa shape index (κ3) is 2.37. The van der Waals surface area contributed by atoms with Crippen LogP contribution in [0, 0.1) is 6.92 Å². The monoisotopic (exact) mass is 246 g/mol. The molecule has 0 saturated carbocycles. The molecule has 0 saturated heterocycles. The van der Waals surface area contributed by atoms with E-state index >= 15 is 0 Å². The Kier molecular flexibility index (Phi) is 3.64. The van der Waals surface area contributed by atoms with E-state index in [1.165, 1.54) is 0 Å². The predicted octanol–water partition coefficient (Wildman–Crippen LogP) is 1.29. The molecular weight excluding hydrogens is 228 g/mol. The lowest BCUT2D eigenvalue weighted by molar-refractivity contribution is 0.403. The van der Waals surface area contributed by atoms with Gasteiger partial charge in [-0.25, -0.2) is 5.43 Å². The number of nitrogens with zero attached hydrogens (tertiary/aromatic N) is 2. The first-order valence-electron chi connectivity index (χ1n) is 5.76. The average Bonchev–Trinajstić information content (AvgIpc) is 2.78. The molecule has 1 atom stereocenters. The highest BCUT2D eigenvalue weighted by Gasteiger charge is 2.19. The molecular formula is C13H18N4O. The van der Waals surface area contributed by atoms with Gasteiger partial charge in [0.2, 0.25) is 0 Å². The van der Waals surface area contributed by atoms with E-state index in [2.05, 4.69) is 10.5 Å². The molecule has 96 valence electrons. The van der Waals surface area contributed by atoms with Crippen LogP contribution in [0.15, 0.2) is 30.5 Å². The summed E-state index contributed by atoms with van der Waals surface area (Å²) in [5.74, 6) is 6.46. The molecule has 0 fully saturated rings. The van der Waals surface area contributed by atoms with Crippen LogP contribution in [-0.2, 0) is 7.05 Å². The first-order chi connectivity index (χ1) is 8.65. The van der Waals surface area contributed by atoms with Crippen LogP contribution >= 0.6 is 0 Å². The lowest BCUT2D eigenvalue weighted by atomic mass is 10.0. The van der Waals surface area contributed by atoms with Gasteiger partial charge in [-0.3, -0.25) is 10.5 Å². The van der Waals surface area contributed by atoms with Crippen molar-refractivity contribution in [1.29, 1.82) is 0 Å². The van der Waals surface area contributed by atoms with E-state index in [9.17, 15) is 0 Å². The zero-order chi connectivity index (χ0) is 13.1. The second-order valence-electron chi connectivity index (χ2n) is 4.26. The molecule has 2 rings (SSSR count). The number of nitrogens with one attached hydrogen (secondary N) is 1. The summed E-state index contributed by atoms with van der Waals surface area (Å²) in [7, 11) is 3.54. The van der Waals surface area contributed by atoms with Gasteiger partial charge in [-0.15, -0.1) is 0 Å². The van der Waals surface area contributed by atoms with Crippen molar-refractivity contribution in [3.05, 3.63) is 47.3 Å². The van der Waals surface area contributed by atoms with Gasteiger partial charge in [0.15, 0.2) is 0 Å². The van der Waals surface area contributed by atoms with Crippen molar-refractivity contribution in [2.45, 2.75) is 13.0 Å². The fourth-order valence-corrected chi connectivity index (χ4v) is 1.98. The Labute approximate surface area is 107 Å². The van der Waals surface area contributed by atoms with Gasteiger partial charge in [-0.1, -0.05) is 12.1 Å². The molecule has 0 spiro atoms. The molecule has 5 nitrogen and oxygen atoms in total. The van der Waals surface area contributed by atoms with Gasteiger partial charge >= 0.3 is 0 Å². The van der Waals surface area contributed by atoms with Crippen molar-refractivity contribution in [2.75, 3.05) is 7.11 Å². The number of hydrazine groups is 1. The number of aromatic nitrogens is 2. The summed E-state index contributed by atoms with van der Waals surface area (Å²) in [5.41, 5.74) is 5.77. The van der Waals surface area contributed by atoms with Crippen molar-refractivity contribution in [3.63, 3.8) is 0 Å². The van der Waals surface area contributed by atoms with E-state index in [-0.39, 0.29) is 6.04 Å². The Morgan fingerprint density at radius 1 is 1.39 bits per heavy atom. The molecule has 1 aromatic carbocycles. The first-order valence-corrected chi connectivity index (χ1v) is 5.76. The lowest BCUT2D eigenvalue weighted by Gasteiger charge is -2.17. The van der Waals surface area contributed by atoms with Crippen LogP contribution in [0.2, 0.25) is 0 Å². The molecule has 2 aromatic rings. The number of hydrogen-bond donors (Lipinski definition) is 2. The molecule has 18 heavy (non-hydrogen) atoms. The topological polar surface area (TPSA) is 65.1 Å². The maximum Gasteiger partial charge on any atom is 0.124 e. The second kappa shape index (κ2) is 5.20. The van der Waals surface area contributed by atoms with Gasteiger partial charge in [0.1, 0.15) is 5.75 Å². The number of methoxy groups -OCH3 is 1. The molecule has 1 aromatic heterocycles. The van der Waals surface area contributed by atoms with Crippen LogP contribution in [0.1, 0.15) is 22.9 Å². The van der Waals surface area contributed by atoms with E-state index < -0.39 is 0 Å². The number of rotatable bonds is 4. The summed E-state index contributed by atoms with van der Waals surface area (Å²) in [4.78, 5) is 0. The molecule has 5 heteroatoms. The quantitative estimate of drug-likeness (QED) is 0.630. The van der Waals surface area contributed by atoms with Gasteiger partial charge in [0.05, 0.1) is 18.8 Å². The van der Waals surface area contributed by atoms with Gasteiger partial charge in [-0.2, -0.15) is 5.10 Å². The number of ether oxygens (including phenoxy) is 1. The zero-order valence-electron chi connectivity index (χ0n) is 10.8. The van der Waals surface area contributed by atoms with Crippen molar-refractivity contribution < 1.29 is 4.74 Å². The smallest absolute Gasteiger partial charge is 0.124 e. The number of nitrogens with two attached hydrogens (primary N) is 1. The molecule has 0 aliphatic carbocycles. The minimum Gasteiger partial charge on any atom is -0.496 e. The maximum absolute atomic E-state index is 5.65. The Hall–Kier alpha value is -1.85. The third-order valence-electron chi connectivity index (χ3n) is 2.90. The Balaban J connectivity index is 2.44. The standard InChI is InChI=1S/C13H18N4O/c1-9-4-5-10(12(8-9)18-3)13(15-14)11-6-7-17(2)16-11/h4-8,13,15H,14H2,1-3H3. The highest BCUT2D eigenvalue weighted by molar-refractivity contribution is 5.42. The first kappa shape index (κ1) is 12.6. The summed E-state index contributed by atoms with van der Waals surface area (Å²) in [6, 6.07) is 7.78. The number of hydrogen-bond acceptors (Lipinski definition) is 4. The van der Waals surface area contributed by atoms with Crippen LogP contribution in [0.3, 0.4) is 0 Å². The molecule has 1 heterocycles. The summed E-state index contributed by atoms with van der Waals surface area (Å²) in [6.07, 6.45) is 1.89. The normalized spacial score (nSPS) is 12.4. The highest BCUT2D eigenvalue weighted by atomic mass is 16.5. The molecule has 0 aliphatic rings. The van der Waals surface area contributed by atoms with E-state index in [1.807, 2.05) is 44.4 Å². The number of aryl methyl sites for hydroxylation is 2. The van der Waals surface area contributed by atoms with Crippen molar-refractivity contribution in [1.82, 2.24) is 15.2 Å². The summed E-state index contributed by atoms with van der Waals surface area (Å²) in [5, 5.41) is 4.37. The van der Waals surface area contributed by atoms with Crippen LogP contribution in [0.5, 0.6) is 5.75 Å². The van der Waals surface area contributed by atoms with Gasteiger partial charge in [0, 0.05) is 18.8 Å². The Morgan fingerprint density at radius 2 is 2.17 bits per heavy atom. The SMILES string of the molecule is COc1cc(C)ccc1C(NN)c1ccn(C)n1. The highest BCUT2D eigenvalue weighted by Crippen LogP contribution is 2.29. The largest absolute Gasteiger partial charge is 0.496 e. The van der Waals surface area contributed by atoms with Crippen LogP contribution < -0.4 is 16.0 Å². The summed E-state index contributed by atoms with van der Waals surface area (Å²) >= 11 is 0. The molecule has 3 N–H and O–H groups in total. The summed E-state index contributed by atoms with van der Waals surface area (Å²) < 4.78 is 7.16. The average molecular weight is 246 g/mol. The second-order valence-corrected chi connectivity index (χ2v) is 4.26. The van der Waals surface area contributed by atoms with Gasteiger partial charge < -0.3 is 4.74 Å². The Morgan fingerprint density at radius 3 is 2.72 bits per heavy atom. The Bertz CT molecular complexity index is 536. The molecule has 0 aliphatic heterocycles. The van der Waals surface area contributed by atoms with Crippen molar-refractivity contribution in [2.24, 2.45) is 12.9 Å². The van der Waals surface area contributed by atoms with E-state index in [0.29, 0.717) is 0 Å². The minimum atomic E-state index is -0.179. The third-order valence-corrected chi connectivity index (χ3v) is 2.90. The number of benzene rings is 1. The van der Waals surface area contributed by atoms with Crippen LogP contribution in [-0.4, -0.2) is 16.9 Å².